The third-order valence-electron chi connectivity index (χ3n) is 2.32. The number of fused-ring (bicyclic) bond motifs is 1. The molecule has 0 unspecified atom stereocenters. The van der Waals surface area contributed by atoms with E-state index in [2.05, 4.69) is 16.2 Å². The molecule has 0 atom stereocenters. The van der Waals surface area contributed by atoms with E-state index < -0.39 is 0 Å². The maximum Gasteiger partial charge on any atom is 0.124 e. The Kier molecular flexibility index (Phi) is 1.75. The van der Waals surface area contributed by atoms with E-state index in [1.807, 2.05) is 30.3 Å². The molecule has 3 rings (SSSR count). The van der Waals surface area contributed by atoms with Gasteiger partial charge in [0.25, 0.3) is 0 Å². The highest BCUT2D eigenvalue weighted by atomic mass is 16.5. The molecule has 0 N–H and O–H groups in total. The third-order valence-corrected chi connectivity index (χ3v) is 2.32. The molecule has 0 bridgehead atoms. The van der Waals surface area contributed by atoms with Gasteiger partial charge in [0.05, 0.1) is 5.52 Å². The van der Waals surface area contributed by atoms with Crippen molar-refractivity contribution in [3.63, 3.8) is 0 Å². The second-order valence-corrected chi connectivity index (χ2v) is 3.30. The zero-order chi connectivity index (χ0) is 10.1. The smallest absolute Gasteiger partial charge is 0.124 e. The van der Waals surface area contributed by atoms with Gasteiger partial charge in [0.15, 0.2) is 0 Å². The summed E-state index contributed by atoms with van der Waals surface area (Å²) in [4.78, 5) is 4.36. The molecule has 3 nitrogen and oxygen atoms in total. The summed E-state index contributed by atoms with van der Waals surface area (Å²) < 4.78 is 4.80. The molecule has 15 heavy (non-hydrogen) atoms. The van der Waals surface area contributed by atoms with E-state index in [1.54, 1.807) is 12.5 Å². The summed E-state index contributed by atoms with van der Waals surface area (Å²) in [6.45, 7) is 0. The summed E-state index contributed by atoms with van der Waals surface area (Å²) in [6.07, 6.45) is 3.37. The second kappa shape index (κ2) is 3.20. The van der Waals surface area contributed by atoms with Crippen LogP contribution in [0.25, 0.3) is 22.2 Å². The predicted octanol–water partition coefficient (Wildman–Crippen LogP) is 2.89. The van der Waals surface area contributed by atoms with Crippen molar-refractivity contribution in [2.45, 2.75) is 0 Å². The van der Waals surface area contributed by atoms with Crippen LogP contribution in [-0.4, -0.2) is 10.1 Å². The molecule has 0 saturated carbocycles. The number of hydrogen-bond acceptors (Lipinski definition) is 3. The number of para-hydroxylation sites is 1. The van der Waals surface area contributed by atoms with E-state index in [4.69, 9.17) is 4.52 Å². The van der Waals surface area contributed by atoms with E-state index in [0.29, 0.717) is 0 Å². The minimum absolute atomic E-state index is 0.813. The van der Waals surface area contributed by atoms with Gasteiger partial charge in [-0.05, 0) is 12.1 Å². The van der Waals surface area contributed by atoms with Crippen molar-refractivity contribution in [2.75, 3.05) is 0 Å². The molecular formula is C12H8N2O. The summed E-state index contributed by atoms with van der Waals surface area (Å²) in [5.41, 5.74) is 2.78. The first-order valence-corrected chi connectivity index (χ1v) is 4.69. The lowest BCUT2D eigenvalue weighted by molar-refractivity contribution is 0.422. The molecule has 72 valence electrons. The van der Waals surface area contributed by atoms with Crippen molar-refractivity contribution < 1.29 is 4.52 Å². The molecule has 0 aliphatic heterocycles. The van der Waals surface area contributed by atoms with Crippen molar-refractivity contribution in [3.05, 3.63) is 48.9 Å². The molecule has 2 heterocycles. The average molecular weight is 196 g/mol. The maximum absolute atomic E-state index is 4.80. The van der Waals surface area contributed by atoms with E-state index in [-0.39, 0.29) is 0 Å². The second-order valence-electron chi connectivity index (χ2n) is 3.30. The minimum atomic E-state index is 0.813. The molecule has 0 amide bonds. The first-order chi connectivity index (χ1) is 7.43. The Hall–Kier alpha value is -2.16. The molecule has 0 aliphatic rings. The average Bonchev–Trinajstić information content (AvgIpc) is 2.82. The van der Waals surface area contributed by atoms with Crippen molar-refractivity contribution >= 4 is 10.9 Å². The van der Waals surface area contributed by atoms with Crippen molar-refractivity contribution in [1.29, 1.82) is 0 Å². The fraction of sp³-hybridized carbons (Fsp3) is 0. The highest BCUT2D eigenvalue weighted by molar-refractivity contribution is 5.82. The number of nitrogens with zero attached hydrogens (tertiary/aromatic N) is 2. The van der Waals surface area contributed by atoms with Crippen molar-refractivity contribution in [3.8, 4) is 11.3 Å². The van der Waals surface area contributed by atoms with Crippen LogP contribution in [0.4, 0.5) is 0 Å². The molecular weight excluding hydrogens is 188 g/mol. The Morgan fingerprint density at radius 3 is 2.87 bits per heavy atom. The van der Waals surface area contributed by atoms with Crippen LogP contribution in [0.3, 0.4) is 0 Å². The Morgan fingerprint density at radius 2 is 2.00 bits per heavy atom. The fourth-order valence-electron chi connectivity index (χ4n) is 1.57. The molecule has 0 fully saturated rings. The first kappa shape index (κ1) is 8.17. The molecule has 2 aromatic heterocycles. The van der Waals surface area contributed by atoms with Gasteiger partial charge in [-0.3, -0.25) is 4.98 Å². The maximum atomic E-state index is 4.80. The van der Waals surface area contributed by atoms with E-state index in [0.717, 1.165) is 22.2 Å². The van der Waals surface area contributed by atoms with Gasteiger partial charge in [0.1, 0.15) is 12.0 Å². The number of hydrogen-bond donors (Lipinski definition) is 0. The quantitative estimate of drug-likeness (QED) is 0.600. The van der Waals surface area contributed by atoms with E-state index >= 15 is 0 Å². The van der Waals surface area contributed by atoms with Gasteiger partial charge in [-0.25, -0.2) is 0 Å². The van der Waals surface area contributed by atoms with Gasteiger partial charge in [-0.1, -0.05) is 23.4 Å². The largest absolute Gasteiger partial charge is 0.364 e. The number of pyridine rings is 1. The van der Waals surface area contributed by atoms with Gasteiger partial charge in [-0.15, -0.1) is 0 Å². The lowest BCUT2D eigenvalue weighted by Gasteiger charge is -1.98. The lowest BCUT2D eigenvalue weighted by Crippen LogP contribution is -1.82. The van der Waals surface area contributed by atoms with Gasteiger partial charge >= 0.3 is 0 Å². The summed E-state index contributed by atoms with van der Waals surface area (Å²) in [5.74, 6) is 0. The van der Waals surface area contributed by atoms with Crippen molar-refractivity contribution in [2.24, 2.45) is 0 Å². The normalized spacial score (nSPS) is 10.7. The first-order valence-electron chi connectivity index (χ1n) is 4.69. The topological polar surface area (TPSA) is 38.9 Å². The van der Waals surface area contributed by atoms with Crippen molar-refractivity contribution in [1.82, 2.24) is 10.1 Å². The van der Waals surface area contributed by atoms with Gasteiger partial charge in [-0.2, -0.15) is 0 Å². The van der Waals surface area contributed by atoms with Gasteiger partial charge in [0, 0.05) is 23.2 Å². The molecule has 3 heteroatoms. The number of aromatic nitrogens is 2. The lowest BCUT2D eigenvalue weighted by atomic mass is 10.1. The Bertz CT molecular complexity index is 587. The molecule has 1 aromatic carbocycles. The number of rotatable bonds is 1. The monoisotopic (exact) mass is 196 g/mol. The summed E-state index contributed by atoms with van der Waals surface area (Å²) in [6, 6.07) is 11.9. The Labute approximate surface area is 86.4 Å². The Morgan fingerprint density at radius 1 is 1.07 bits per heavy atom. The van der Waals surface area contributed by atoms with Crippen LogP contribution in [0, 0.1) is 0 Å². The summed E-state index contributed by atoms with van der Waals surface area (Å²) in [5, 5.41) is 4.99. The zero-order valence-corrected chi connectivity index (χ0v) is 7.92. The van der Waals surface area contributed by atoms with Gasteiger partial charge in [0.2, 0.25) is 0 Å². The molecule has 0 saturated heterocycles. The van der Waals surface area contributed by atoms with E-state index in [9.17, 15) is 0 Å². The summed E-state index contributed by atoms with van der Waals surface area (Å²) in [7, 11) is 0. The highest BCUT2D eigenvalue weighted by Gasteiger charge is 2.02. The third kappa shape index (κ3) is 1.38. The Balaban J connectivity index is 2.22. The fourth-order valence-corrected chi connectivity index (χ4v) is 1.57. The van der Waals surface area contributed by atoms with Crippen LogP contribution < -0.4 is 0 Å². The molecule has 0 aliphatic carbocycles. The predicted molar refractivity (Wildman–Crippen MR) is 57.2 cm³/mol. The molecule has 3 aromatic rings. The molecule has 0 radical (unpaired) electrons. The zero-order valence-electron chi connectivity index (χ0n) is 7.92. The van der Waals surface area contributed by atoms with Crippen LogP contribution in [0.5, 0.6) is 0 Å². The summed E-state index contributed by atoms with van der Waals surface area (Å²) >= 11 is 0. The van der Waals surface area contributed by atoms with Crippen LogP contribution >= 0.6 is 0 Å². The van der Waals surface area contributed by atoms with Crippen LogP contribution in [0.15, 0.2) is 53.4 Å². The SMILES string of the molecule is c1ccc2ncc(-c3ccon3)cc2c1. The number of benzene rings is 1. The van der Waals surface area contributed by atoms with Gasteiger partial charge < -0.3 is 4.52 Å². The highest BCUT2D eigenvalue weighted by Crippen LogP contribution is 2.20. The van der Waals surface area contributed by atoms with Crippen LogP contribution in [0.2, 0.25) is 0 Å². The minimum Gasteiger partial charge on any atom is -0.364 e. The standard InChI is InChI=1S/C12H8N2O/c1-2-4-11-9(3-1)7-10(8-13-11)12-5-6-15-14-12/h1-8H. The van der Waals surface area contributed by atoms with E-state index in [1.165, 1.54) is 0 Å². The van der Waals surface area contributed by atoms with Crippen LogP contribution in [-0.2, 0) is 0 Å². The molecule has 0 spiro atoms. The van der Waals surface area contributed by atoms with Crippen LogP contribution in [0.1, 0.15) is 0 Å².